The minimum absolute atomic E-state index is 0. The van der Waals surface area contributed by atoms with Crippen LogP contribution in [0.1, 0.15) is 32.6 Å². The Morgan fingerprint density at radius 3 is 2.76 bits per heavy atom. The number of benzene rings is 1. The molecule has 1 saturated heterocycles. The summed E-state index contributed by atoms with van der Waals surface area (Å²) in [4.78, 5) is 11.3. The molecule has 0 radical (unpaired) electrons. The zero-order valence-electron chi connectivity index (χ0n) is 17.2. The van der Waals surface area contributed by atoms with Gasteiger partial charge in [0.25, 0.3) is 0 Å². The number of hydrogen-bond acceptors (Lipinski definition) is 5. The normalized spacial score (nSPS) is 16.0. The highest BCUT2D eigenvalue weighted by atomic mass is 127. The van der Waals surface area contributed by atoms with Crippen molar-refractivity contribution in [1.82, 2.24) is 25.7 Å². The summed E-state index contributed by atoms with van der Waals surface area (Å²) < 4.78 is 5.34. The Morgan fingerprint density at radius 2 is 2.10 bits per heavy atom. The zero-order valence-corrected chi connectivity index (χ0v) is 20.3. The van der Waals surface area contributed by atoms with Gasteiger partial charge >= 0.3 is 0 Å². The Labute approximate surface area is 194 Å². The lowest BCUT2D eigenvalue weighted by Gasteiger charge is -2.33. The summed E-state index contributed by atoms with van der Waals surface area (Å²) in [7, 11) is 1.77. The molecule has 0 atom stereocenters. The summed E-state index contributed by atoms with van der Waals surface area (Å²) in [5.41, 5.74) is 0.832. The first-order valence-corrected chi connectivity index (χ1v) is 10.2. The van der Waals surface area contributed by atoms with Gasteiger partial charge in [0, 0.05) is 43.3 Å². The Hall–Kier alpha value is -1.39. The minimum atomic E-state index is 0. The predicted molar refractivity (Wildman–Crippen MR) is 128 cm³/mol. The van der Waals surface area contributed by atoms with E-state index in [0.717, 1.165) is 37.5 Å². The van der Waals surface area contributed by atoms with Crippen molar-refractivity contribution in [2.45, 2.75) is 39.3 Å². The van der Waals surface area contributed by atoms with Crippen LogP contribution >= 0.6 is 35.6 Å². The first-order chi connectivity index (χ1) is 13.5. The van der Waals surface area contributed by atoms with Crippen LogP contribution in [0, 0.1) is 5.92 Å². The van der Waals surface area contributed by atoms with Crippen LogP contribution in [0.4, 0.5) is 0 Å². The molecule has 1 fully saturated rings. The van der Waals surface area contributed by atoms with Crippen LogP contribution in [-0.2, 0) is 6.54 Å². The molecular weight excluding hydrogens is 503 g/mol. The number of nitrogens with one attached hydrogen (secondary N) is 2. The van der Waals surface area contributed by atoms with Gasteiger partial charge in [-0.3, -0.25) is 4.99 Å². The maximum atomic E-state index is 6.02. The molecule has 2 N–H and O–H groups in total. The third-order valence-electron chi connectivity index (χ3n) is 4.73. The van der Waals surface area contributed by atoms with E-state index in [1.807, 2.05) is 24.3 Å². The maximum Gasteiger partial charge on any atom is 0.246 e. The summed E-state index contributed by atoms with van der Waals surface area (Å²) in [6, 6.07) is 7.83. The van der Waals surface area contributed by atoms with E-state index in [9.17, 15) is 0 Å². The van der Waals surface area contributed by atoms with Crippen LogP contribution in [0.3, 0.4) is 0 Å². The standard InChI is InChI=1S/C20H29ClN6O.HI/c1-14(2)13-27-9-7-17(8-10-27)24-20(22-3)23-12-18-25-19(26-28-18)15-5-4-6-16(21)11-15;/h4-6,11,14,17H,7-10,12-13H2,1-3H3,(H2,22,23,24);1H. The Kier molecular flexibility index (Phi) is 9.64. The van der Waals surface area contributed by atoms with Gasteiger partial charge in [0.2, 0.25) is 11.7 Å². The van der Waals surface area contributed by atoms with Crippen molar-refractivity contribution in [3.05, 3.63) is 35.2 Å². The van der Waals surface area contributed by atoms with E-state index in [0.29, 0.717) is 35.2 Å². The highest BCUT2D eigenvalue weighted by molar-refractivity contribution is 14.0. The fourth-order valence-electron chi connectivity index (χ4n) is 3.40. The Bertz CT molecular complexity index is 789. The molecule has 0 amide bonds. The first-order valence-electron chi connectivity index (χ1n) is 9.81. The van der Waals surface area contributed by atoms with Crippen molar-refractivity contribution in [2.75, 3.05) is 26.7 Å². The molecule has 0 aliphatic carbocycles. The average Bonchev–Trinajstić information content (AvgIpc) is 3.15. The summed E-state index contributed by atoms with van der Waals surface area (Å²) in [5.74, 6) is 2.50. The second kappa shape index (κ2) is 11.7. The molecule has 1 aromatic carbocycles. The molecule has 160 valence electrons. The lowest BCUT2D eigenvalue weighted by atomic mass is 10.0. The van der Waals surface area contributed by atoms with Crippen molar-refractivity contribution >= 4 is 41.5 Å². The summed E-state index contributed by atoms with van der Waals surface area (Å²) in [6.45, 7) is 8.38. The molecule has 3 rings (SSSR count). The number of hydrogen-bond donors (Lipinski definition) is 2. The lowest BCUT2D eigenvalue weighted by Crippen LogP contribution is -2.49. The average molecular weight is 533 g/mol. The highest BCUT2D eigenvalue weighted by Gasteiger charge is 2.20. The molecule has 2 aromatic rings. The summed E-state index contributed by atoms with van der Waals surface area (Å²) in [5, 5.41) is 11.4. The Balaban J connectivity index is 0.00000300. The van der Waals surface area contributed by atoms with E-state index in [1.54, 1.807) is 7.05 Å². The number of guanidine groups is 1. The number of halogens is 2. The molecule has 2 heterocycles. The third kappa shape index (κ3) is 7.42. The zero-order chi connectivity index (χ0) is 19.9. The quantitative estimate of drug-likeness (QED) is 0.335. The molecule has 0 bridgehead atoms. The first kappa shape index (κ1) is 23.9. The number of likely N-dealkylation sites (tertiary alicyclic amines) is 1. The van der Waals surface area contributed by atoms with Gasteiger partial charge in [-0.15, -0.1) is 24.0 Å². The monoisotopic (exact) mass is 532 g/mol. The molecule has 1 aliphatic rings. The van der Waals surface area contributed by atoms with Gasteiger partial charge in [-0.1, -0.05) is 42.7 Å². The molecule has 0 spiro atoms. The molecule has 1 aromatic heterocycles. The van der Waals surface area contributed by atoms with E-state index < -0.39 is 0 Å². The third-order valence-corrected chi connectivity index (χ3v) is 4.97. The molecule has 9 heteroatoms. The predicted octanol–water partition coefficient (Wildman–Crippen LogP) is 3.79. The van der Waals surface area contributed by atoms with E-state index in [1.165, 1.54) is 6.54 Å². The SMILES string of the molecule is CN=C(NCc1nc(-c2cccc(Cl)c2)no1)NC1CCN(CC(C)C)CC1.I. The second-order valence-corrected chi connectivity index (χ2v) is 8.00. The molecule has 29 heavy (non-hydrogen) atoms. The van der Waals surface area contributed by atoms with Crippen molar-refractivity contribution in [3.63, 3.8) is 0 Å². The second-order valence-electron chi connectivity index (χ2n) is 7.56. The van der Waals surface area contributed by atoms with Crippen molar-refractivity contribution in [3.8, 4) is 11.4 Å². The lowest BCUT2D eigenvalue weighted by molar-refractivity contribution is 0.187. The smallest absolute Gasteiger partial charge is 0.246 e. The number of aromatic nitrogens is 2. The molecular formula is C20H30ClIN6O. The van der Waals surface area contributed by atoms with Gasteiger partial charge in [-0.05, 0) is 30.9 Å². The van der Waals surface area contributed by atoms with E-state index >= 15 is 0 Å². The molecule has 7 nitrogen and oxygen atoms in total. The summed E-state index contributed by atoms with van der Waals surface area (Å²) in [6.07, 6.45) is 2.24. The molecule has 0 saturated carbocycles. The van der Waals surface area contributed by atoms with Crippen LogP contribution in [0.15, 0.2) is 33.8 Å². The number of rotatable bonds is 6. The van der Waals surface area contributed by atoms with Gasteiger partial charge in [0.1, 0.15) is 0 Å². The van der Waals surface area contributed by atoms with Gasteiger partial charge < -0.3 is 20.1 Å². The van der Waals surface area contributed by atoms with Gasteiger partial charge in [-0.25, -0.2) is 0 Å². The van der Waals surface area contributed by atoms with Crippen molar-refractivity contribution in [2.24, 2.45) is 10.9 Å². The van der Waals surface area contributed by atoms with Crippen LogP contribution in [0.25, 0.3) is 11.4 Å². The number of piperidine rings is 1. The Morgan fingerprint density at radius 1 is 1.34 bits per heavy atom. The van der Waals surface area contributed by atoms with Crippen LogP contribution in [0.5, 0.6) is 0 Å². The van der Waals surface area contributed by atoms with E-state index in [2.05, 4.69) is 44.5 Å². The molecule has 1 aliphatic heterocycles. The van der Waals surface area contributed by atoms with Gasteiger partial charge in [0.05, 0.1) is 6.54 Å². The highest BCUT2D eigenvalue weighted by Crippen LogP contribution is 2.19. The largest absolute Gasteiger partial charge is 0.354 e. The van der Waals surface area contributed by atoms with Crippen molar-refractivity contribution < 1.29 is 4.52 Å². The fourth-order valence-corrected chi connectivity index (χ4v) is 3.59. The topological polar surface area (TPSA) is 78.6 Å². The number of nitrogens with zero attached hydrogens (tertiary/aromatic N) is 4. The van der Waals surface area contributed by atoms with Gasteiger partial charge in [-0.2, -0.15) is 4.98 Å². The maximum absolute atomic E-state index is 6.02. The van der Waals surface area contributed by atoms with Gasteiger partial charge in [0.15, 0.2) is 5.96 Å². The van der Waals surface area contributed by atoms with E-state index in [-0.39, 0.29) is 24.0 Å². The number of aliphatic imine (C=N–C) groups is 1. The molecule has 0 unspecified atom stereocenters. The van der Waals surface area contributed by atoms with Crippen LogP contribution in [0.2, 0.25) is 5.02 Å². The fraction of sp³-hybridized carbons (Fsp3) is 0.550. The summed E-state index contributed by atoms with van der Waals surface area (Å²) >= 11 is 6.02. The van der Waals surface area contributed by atoms with Crippen molar-refractivity contribution in [1.29, 1.82) is 0 Å². The minimum Gasteiger partial charge on any atom is -0.354 e. The van der Waals surface area contributed by atoms with E-state index in [4.69, 9.17) is 16.1 Å². The van der Waals surface area contributed by atoms with Crippen LogP contribution in [-0.4, -0.2) is 53.7 Å². The van der Waals surface area contributed by atoms with Crippen LogP contribution < -0.4 is 10.6 Å².